The first-order valence-electron chi connectivity index (χ1n) is 7.95. The van der Waals surface area contributed by atoms with Gasteiger partial charge < -0.3 is 14.8 Å². The standard InChI is InChI=1S/C19H24N2O3/c1-13(2)18(15-7-8-16(23-3)17(10-15)24-4)19(22)21-12-14-6-5-9-20-11-14/h5-11,13,18H,12H2,1-4H3,(H,21,22). The lowest BCUT2D eigenvalue weighted by Crippen LogP contribution is -2.31. The predicted molar refractivity (Wildman–Crippen MR) is 93.2 cm³/mol. The lowest BCUT2D eigenvalue weighted by atomic mass is 9.87. The van der Waals surface area contributed by atoms with E-state index < -0.39 is 0 Å². The molecule has 0 aliphatic carbocycles. The molecule has 1 amide bonds. The molecule has 1 N–H and O–H groups in total. The van der Waals surface area contributed by atoms with Gasteiger partial charge in [-0.05, 0) is 35.2 Å². The minimum atomic E-state index is -0.263. The predicted octanol–water partition coefficient (Wildman–Crippen LogP) is 3.15. The van der Waals surface area contributed by atoms with Gasteiger partial charge in [0.2, 0.25) is 5.91 Å². The molecule has 1 aromatic carbocycles. The first-order chi connectivity index (χ1) is 11.6. The third kappa shape index (κ3) is 4.25. The molecule has 2 aromatic rings. The molecule has 1 unspecified atom stereocenters. The van der Waals surface area contributed by atoms with Gasteiger partial charge in [-0.3, -0.25) is 9.78 Å². The van der Waals surface area contributed by atoms with Crippen molar-refractivity contribution in [3.63, 3.8) is 0 Å². The van der Waals surface area contributed by atoms with Crippen LogP contribution in [-0.2, 0) is 11.3 Å². The van der Waals surface area contributed by atoms with Crippen LogP contribution in [0.15, 0.2) is 42.7 Å². The molecular formula is C19H24N2O3. The van der Waals surface area contributed by atoms with Gasteiger partial charge >= 0.3 is 0 Å². The molecule has 2 rings (SSSR count). The number of carbonyl (C=O) groups is 1. The number of aromatic nitrogens is 1. The molecule has 0 fully saturated rings. The highest BCUT2D eigenvalue weighted by atomic mass is 16.5. The van der Waals surface area contributed by atoms with E-state index in [9.17, 15) is 4.79 Å². The first-order valence-corrected chi connectivity index (χ1v) is 7.95. The first kappa shape index (κ1) is 17.8. The quantitative estimate of drug-likeness (QED) is 0.848. The molecule has 0 spiro atoms. The maximum absolute atomic E-state index is 12.7. The van der Waals surface area contributed by atoms with E-state index in [-0.39, 0.29) is 17.7 Å². The van der Waals surface area contributed by atoms with Crippen molar-refractivity contribution in [2.45, 2.75) is 26.3 Å². The number of rotatable bonds is 7. The Balaban J connectivity index is 2.18. The normalized spacial score (nSPS) is 11.9. The Labute approximate surface area is 143 Å². The number of ether oxygens (including phenoxy) is 2. The van der Waals surface area contributed by atoms with Gasteiger partial charge in [0, 0.05) is 18.9 Å². The fourth-order valence-corrected chi connectivity index (χ4v) is 2.69. The van der Waals surface area contributed by atoms with Gasteiger partial charge in [0.05, 0.1) is 20.1 Å². The van der Waals surface area contributed by atoms with Gasteiger partial charge in [0.15, 0.2) is 11.5 Å². The van der Waals surface area contributed by atoms with E-state index in [0.717, 1.165) is 11.1 Å². The summed E-state index contributed by atoms with van der Waals surface area (Å²) in [5, 5.41) is 2.99. The van der Waals surface area contributed by atoms with E-state index in [0.29, 0.717) is 18.0 Å². The second kappa shape index (κ2) is 8.34. The van der Waals surface area contributed by atoms with Crippen LogP contribution in [0.25, 0.3) is 0 Å². The van der Waals surface area contributed by atoms with Gasteiger partial charge in [-0.25, -0.2) is 0 Å². The van der Waals surface area contributed by atoms with E-state index >= 15 is 0 Å². The number of carbonyl (C=O) groups excluding carboxylic acids is 1. The fraction of sp³-hybridized carbons (Fsp3) is 0.368. The molecule has 5 heteroatoms. The van der Waals surface area contributed by atoms with Gasteiger partial charge in [-0.1, -0.05) is 26.0 Å². The molecular weight excluding hydrogens is 304 g/mol. The zero-order chi connectivity index (χ0) is 17.5. The summed E-state index contributed by atoms with van der Waals surface area (Å²) < 4.78 is 10.6. The van der Waals surface area contributed by atoms with Crippen LogP contribution in [0.4, 0.5) is 0 Å². The minimum absolute atomic E-state index is 0.0129. The summed E-state index contributed by atoms with van der Waals surface area (Å²) in [7, 11) is 3.19. The van der Waals surface area contributed by atoms with Crippen molar-refractivity contribution >= 4 is 5.91 Å². The highest BCUT2D eigenvalue weighted by Crippen LogP contribution is 2.33. The Morgan fingerprint density at radius 1 is 1.17 bits per heavy atom. The van der Waals surface area contributed by atoms with Crippen molar-refractivity contribution in [2.24, 2.45) is 5.92 Å². The Kier molecular flexibility index (Phi) is 6.18. The summed E-state index contributed by atoms with van der Waals surface area (Å²) in [5.41, 5.74) is 1.88. The number of hydrogen-bond acceptors (Lipinski definition) is 4. The molecule has 1 aromatic heterocycles. The van der Waals surface area contributed by atoms with Crippen LogP contribution in [-0.4, -0.2) is 25.1 Å². The summed E-state index contributed by atoms with van der Waals surface area (Å²) in [5.74, 6) is 1.15. The molecule has 1 heterocycles. The zero-order valence-electron chi connectivity index (χ0n) is 14.6. The summed E-state index contributed by atoms with van der Waals surface area (Å²) in [4.78, 5) is 16.8. The van der Waals surface area contributed by atoms with Gasteiger partial charge in [-0.15, -0.1) is 0 Å². The number of pyridine rings is 1. The SMILES string of the molecule is COc1ccc(C(C(=O)NCc2cccnc2)C(C)C)cc1OC. The largest absolute Gasteiger partial charge is 0.493 e. The van der Waals surface area contributed by atoms with E-state index in [1.165, 1.54) is 0 Å². The second-order valence-electron chi connectivity index (χ2n) is 5.92. The molecule has 0 saturated heterocycles. The van der Waals surface area contributed by atoms with Crippen LogP contribution >= 0.6 is 0 Å². The molecule has 0 aliphatic heterocycles. The van der Waals surface area contributed by atoms with E-state index in [1.54, 1.807) is 26.6 Å². The van der Waals surface area contributed by atoms with Crippen molar-refractivity contribution in [3.8, 4) is 11.5 Å². The molecule has 0 bridgehead atoms. The molecule has 1 atom stereocenters. The summed E-state index contributed by atoms with van der Waals surface area (Å²) in [6.07, 6.45) is 3.47. The Bertz CT molecular complexity index is 672. The Hall–Kier alpha value is -2.56. The number of benzene rings is 1. The van der Waals surface area contributed by atoms with Gasteiger partial charge in [0.1, 0.15) is 0 Å². The van der Waals surface area contributed by atoms with E-state index in [4.69, 9.17) is 9.47 Å². The molecule has 5 nitrogen and oxygen atoms in total. The molecule has 128 valence electrons. The number of amides is 1. The number of methoxy groups -OCH3 is 2. The lowest BCUT2D eigenvalue weighted by Gasteiger charge is -2.22. The van der Waals surface area contributed by atoms with Crippen LogP contribution in [0.3, 0.4) is 0 Å². The third-order valence-electron chi connectivity index (χ3n) is 3.91. The fourth-order valence-electron chi connectivity index (χ4n) is 2.69. The van der Waals surface area contributed by atoms with Gasteiger partial charge in [-0.2, -0.15) is 0 Å². The number of nitrogens with zero attached hydrogens (tertiary/aromatic N) is 1. The Morgan fingerprint density at radius 3 is 2.50 bits per heavy atom. The number of nitrogens with one attached hydrogen (secondary N) is 1. The van der Waals surface area contributed by atoms with Crippen LogP contribution in [0.2, 0.25) is 0 Å². The molecule has 0 saturated carbocycles. The van der Waals surface area contributed by atoms with Crippen molar-refractivity contribution in [1.82, 2.24) is 10.3 Å². The topological polar surface area (TPSA) is 60.5 Å². The van der Waals surface area contributed by atoms with Crippen LogP contribution in [0.1, 0.15) is 30.9 Å². The average Bonchev–Trinajstić information content (AvgIpc) is 2.60. The van der Waals surface area contributed by atoms with Crippen molar-refractivity contribution in [2.75, 3.05) is 14.2 Å². The monoisotopic (exact) mass is 328 g/mol. The highest BCUT2D eigenvalue weighted by Gasteiger charge is 2.25. The molecule has 0 aliphatic rings. The minimum Gasteiger partial charge on any atom is -0.493 e. The van der Waals surface area contributed by atoms with Crippen molar-refractivity contribution < 1.29 is 14.3 Å². The number of hydrogen-bond donors (Lipinski definition) is 1. The maximum atomic E-state index is 12.7. The summed E-state index contributed by atoms with van der Waals surface area (Å²) in [6, 6.07) is 9.41. The van der Waals surface area contributed by atoms with Gasteiger partial charge in [0.25, 0.3) is 0 Å². The summed E-state index contributed by atoms with van der Waals surface area (Å²) in [6.45, 7) is 4.53. The van der Waals surface area contributed by atoms with Crippen LogP contribution < -0.4 is 14.8 Å². The molecule has 0 radical (unpaired) electrons. The zero-order valence-corrected chi connectivity index (χ0v) is 14.6. The smallest absolute Gasteiger partial charge is 0.228 e. The average molecular weight is 328 g/mol. The second-order valence-corrected chi connectivity index (χ2v) is 5.92. The van der Waals surface area contributed by atoms with E-state index in [1.807, 2.05) is 44.2 Å². The van der Waals surface area contributed by atoms with Crippen molar-refractivity contribution in [3.05, 3.63) is 53.9 Å². The van der Waals surface area contributed by atoms with Crippen molar-refractivity contribution in [1.29, 1.82) is 0 Å². The van der Waals surface area contributed by atoms with Crippen LogP contribution in [0.5, 0.6) is 11.5 Å². The lowest BCUT2D eigenvalue weighted by molar-refractivity contribution is -0.123. The highest BCUT2D eigenvalue weighted by molar-refractivity contribution is 5.84. The Morgan fingerprint density at radius 2 is 1.92 bits per heavy atom. The third-order valence-corrected chi connectivity index (χ3v) is 3.91. The maximum Gasteiger partial charge on any atom is 0.228 e. The van der Waals surface area contributed by atoms with Crippen LogP contribution in [0, 0.1) is 5.92 Å². The molecule has 24 heavy (non-hydrogen) atoms. The van der Waals surface area contributed by atoms with E-state index in [2.05, 4.69) is 10.3 Å². The summed E-state index contributed by atoms with van der Waals surface area (Å²) >= 11 is 0.